The number of aryl methyl sites for hydroxylation is 2. The average Bonchev–Trinajstić information content (AvgIpc) is 3.08. The van der Waals surface area contributed by atoms with Gasteiger partial charge in [0.25, 0.3) is 0 Å². The molecule has 1 saturated heterocycles. The fourth-order valence-corrected chi connectivity index (χ4v) is 5.32. The molecule has 1 aliphatic rings. The summed E-state index contributed by atoms with van der Waals surface area (Å²) < 4.78 is 32.2. The molecule has 3 rings (SSSR count). The molecule has 0 spiro atoms. The maximum atomic E-state index is 12.9. The number of nitrogens with zero attached hydrogens (tertiary/aromatic N) is 3. The van der Waals surface area contributed by atoms with Crippen LogP contribution in [0.5, 0.6) is 0 Å². The van der Waals surface area contributed by atoms with Gasteiger partial charge in [-0.05, 0) is 44.4 Å². The van der Waals surface area contributed by atoms with E-state index < -0.39 is 10.0 Å². The summed E-state index contributed by atoms with van der Waals surface area (Å²) in [6.45, 7) is 4.03. The van der Waals surface area contributed by atoms with Gasteiger partial charge in [-0.15, -0.1) is 0 Å². The van der Waals surface area contributed by atoms with E-state index in [1.807, 2.05) is 0 Å². The molecule has 1 amide bonds. The van der Waals surface area contributed by atoms with E-state index in [0.29, 0.717) is 35.1 Å². The van der Waals surface area contributed by atoms with E-state index in [4.69, 9.17) is 27.7 Å². The van der Waals surface area contributed by atoms with Crippen LogP contribution in [0.3, 0.4) is 0 Å². The molecule has 0 unspecified atom stereocenters. The Morgan fingerprint density at radius 3 is 2.54 bits per heavy atom. The Hall–Kier alpha value is -1.68. The summed E-state index contributed by atoms with van der Waals surface area (Å²) in [5.74, 6) is 0.392. The molecule has 0 aliphatic carbocycles. The lowest BCUT2D eigenvalue weighted by Crippen LogP contribution is -2.43. The maximum absolute atomic E-state index is 12.9. The van der Waals surface area contributed by atoms with E-state index >= 15 is 0 Å². The fraction of sp³-hybridized carbons (Fsp3) is 0.471. The Kier molecular flexibility index (Phi) is 6.28. The van der Waals surface area contributed by atoms with Gasteiger partial charge in [0.05, 0.1) is 11.6 Å². The van der Waals surface area contributed by atoms with Crippen molar-refractivity contribution in [3.63, 3.8) is 0 Å². The minimum Gasteiger partial charge on any atom is -0.347 e. The molecule has 8 nitrogen and oxygen atoms in total. The monoisotopic (exact) mass is 446 g/mol. The second-order valence-corrected chi connectivity index (χ2v) is 9.38. The van der Waals surface area contributed by atoms with Crippen molar-refractivity contribution in [2.75, 3.05) is 13.1 Å². The van der Waals surface area contributed by atoms with Gasteiger partial charge in [0, 0.05) is 24.0 Å². The molecule has 11 heteroatoms. The largest absolute Gasteiger partial charge is 0.347 e. The van der Waals surface area contributed by atoms with E-state index in [9.17, 15) is 13.2 Å². The zero-order chi connectivity index (χ0) is 20.5. The quantitative estimate of drug-likeness (QED) is 0.756. The van der Waals surface area contributed by atoms with Crippen LogP contribution >= 0.6 is 23.2 Å². The molecule has 0 bridgehead atoms. The summed E-state index contributed by atoms with van der Waals surface area (Å²) in [4.78, 5) is 16.4. The fourth-order valence-electron chi connectivity index (χ4n) is 3.04. The van der Waals surface area contributed by atoms with Gasteiger partial charge in [-0.1, -0.05) is 28.4 Å². The summed E-state index contributed by atoms with van der Waals surface area (Å²) in [5, 5.41) is 6.91. The standard InChI is InChI=1S/C17H20Cl2N4O4S/c1-10-7-15(14(19)8-13(10)18)28(25,26)23-5-3-12(4-6-23)17(24)20-9-16-21-11(2)22-27-16/h7-8,12H,3-6,9H2,1-2H3,(H,20,24). The zero-order valence-electron chi connectivity index (χ0n) is 15.4. The lowest BCUT2D eigenvalue weighted by Gasteiger charge is -2.30. The second-order valence-electron chi connectivity index (χ2n) is 6.66. The second kappa shape index (κ2) is 8.36. The molecule has 1 aromatic heterocycles. The molecular weight excluding hydrogens is 427 g/mol. The number of piperidine rings is 1. The lowest BCUT2D eigenvalue weighted by atomic mass is 9.97. The van der Waals surface area contributed by atoms with Crippen LogP contribution in [-0.2, 0) is 21.4 Å². The van der Waals surface area contributed by atoms with Gasteiger partial charge in [0.2, 0.25) is 21.8 Å². The number of hydrogen-bond donors (Lipinski definition) is 1. The van der Waals surface area contributed by atoms with Crippen LogP contribution in [0.1, 0.15) is 30.1 Å². The molecule has 1 aromatic carbocycles. The van der Waals surface area contributed by atoms with Gasteiger partial charge < -0.3 is 9.84 Å². The predicted octanol–water partition coefficient (Wildman–Crippen LogP) is 2.71. The van der Waals surface area contributed by atoms with Gasteiger partial charge in [0.1, 0.15) is 4.90 Å². The first kappa shape index (κ1) is 21.0. The van der Waals surface area contributed by atoms with Crippen LogP contribution < -0.4 is 5.32 Å². The molecular formula is C17H20Cl2N4O4S. The van der Waals surface area contributed by atoms with E-state index in [1.54, 1.807) is 13.8 Å². The SMILES string of the molecule is Cc1noc(CNC(=O)C2CCN(S(=O)(=O)c3cc(C)c(Cl)cc3Cl)CC2)n1. The summed E-state index contributed by atoms with van der Waals surface area (Å²) in [6.07, 6.45) is 0.830. The summed E-state index contributed by atoms with van der Waals surface area (Å²) in [6, 6.07) is 2.91. The number of nitrogens with one attached hydrogen (secondary N) is 1. The lowest BCUT2D eigenvalue weighted by molar-refractivity contribution is -0.126. The number of hydrogen-bond acceptors (Lipinski definition) is 6. The van der Waals surface area contributed by atoms with Crippen molar-refractivity contribution in [1.82, 2.24) is 19.8 Å². The first-order chi connectivity index (χ1) is 13.2. The van der Waals surface area contributed by atoms with Crippen LogP contribution in [0.25, 0.3) is 0 Å². The van der Waals surface area contributed by atoms with Crippen molar-refractivity contribution >= 4 is 39.1 Å². The molecule has 2 aromatic rings. The Labute approximate surface area is 173 Å². The third kappa shape index (κ3) is 4.48. The molecule has 2 heterocycles. The van der Waals surface area contributed by atoms with Crippen LogP contribution in [0, 0.1) is 19.8 Å². The van der Waals surface area contributed by atoms with Gasteiger partial charge in [0.15, 0.2) is 5.82 Å². The molecule has 1 N–H and O–H groups in total. The van der Waals surface area contributed by atoms with Crippen molar-refractivity contribution in [2.24, 2.45) is 5.92 Å². The molecule has 0 saturated carbocycles. The summed E-state index contributed by atoms with van der Waals surface area (Å²) in [5.41, 5.74) is 0.634. The molecule has 1 aliphatic heterocycles. The Bertz CT molecular complexity index is 985. The Morgan fingerprint density at radius 1 is 1.25 bits per heavy atom. The highest BCUT2D eigenvalue weighted by molar-refractivity contribution is 7.89. The number of carbonyl (C=O) groups is 1. The number of carbonyl (C=O) groups excluding carboxylic acids is 1. The predicted molar refractivity (Wildman–Crippen MR) is 104 cm³/mol. The van der Waals surface area contributed by atoms with Crippen molar-refractivity contribution in [3.8, 4) is 0 Å². The van der Waals surface area contributed by atoms with Crippen molar-refractivity contribution < 1.29 is 17.7 Å². The maximum Gasteiger partial charge on any atom is 0.246 e. The number of benzene rings is 1. The number of rotatable bonds is 5. The van der Waals surface area contributed by atoms with E-state index in [1.165, 1.54) is 16.4 Å². The van der Waals surface area contributed by atoms with Crippen molar-refractivity contribution in [3.05, 3.63) is 39.5 Å². The highest BCUT2D eigenvalue weighted by Crippen LogP contribution is 2.32. The number of amides is 1. The molecule has 152 valence electrons. The Morgan fingerprint density at radius 2 is 1.93 bits per heavy atom. The topological polar surface area (TPSA) is 105 Å². The number of halogens is 2. The minimum atomic E-state index is -3.76. The summed E-state index contributed by atoms with van der Waals surface area (Å²) in [7, 11) is -3.76. The smallest absolute Gasteiger partial charge is 0.246 e. The molecule has 28 heavy (non-hydrogen) atoms. The van der Waals surface area contributed by atoms with Crippen LogP contribution in [0.15, 0.2) is 21.6 Å². The Balaban J connectivity index is 1.61. The van der Waals surface area contributed by atoms with E-state index in [0.717, 1.165) is 0 Å². The average molecular weight is 447 g/mol. The summed E-state index contributed by atoms with van der Waals surface area (Å²) >= 11 is 12.1. The zero-order valence-corrected chi connectivity index (χ0v) is 17.7. The molecule has 0 radical (unpaired) electrons. The number of sulfonamides is 1. The van der Waals surface area contributed by atoms with Gasteiger partial charge in [-0.25, -0.2) is 8.42 Å². The highest BCUT2D eigenvalue weighted by Gasteiger charge is 2.33. The van der Waals surface area contributed by atoms with Gasteiger partial charge >= 0.3 is 0 Å². The molecule has 0 atom stereocenters. The van der Waals surface area contributed by atoms with Crippen LogP contribution in [0.2, 0.25) is 10.0 Å². The van der Waals surface area contributed by atoms with Crippen molar-refractivity contribution in [2.45, 2.75) is 38.1 Å². The van der Waals surface area contributed by atoms with Crippen molar-refractivity contribution in [1.29, 1.82) is 0 Å². The van der Waals surface area contributed by atoms with E-state index in [-0.39, 0.29) is 41.4 Å². The van der Waals surface area contributed by atoms with Crippen LogP contribution in [-0.4, -0.2) is 41.9 Å². The third-order valence-electron chi connectivity index (χ3n) is 4.64. The number of aromatic nitrogens is 2. The minimum absolute atomic E-state index is 0.0331. The normalized spacial score (nSPS) is 16.3. The third-order valence-corrected chi connectivity index (χ3v) is 7.41. The first-order valence-electron chi connectivity index (χ1n) is 8.71. The van der Waals surface area contributed by atoms with Gasteiger partial charge in [-0.3, -0.25) is 4.79 Å². The van der Waals surface area contributed by atoms with Crippen LogP contribution in [0.4, 0.5) is 0 Å². The molecule has 1 fully saturated rings. The van der Waals surface area contributed by atoms with E-state index in [2.05, 4.69) is 15.5 Å². The van der Waals surface area contributed by atoms with Gasteiger partial charge in [-0.2, -0.15) is 9.29 Å². The highest BCUT2D eigenvalue weighted by atomic mass is 35.5. The first-order valence-corrected chi connectivity index (χ1v) is 10.9.